The van der Waals surface area contributed by atoms with E-state index in [1.165, 1.54) is 0 Å². The highest BCUT2D eigenvalue weighted by molar-refractivity contribution is 5.86. The number of nitrogens with zero attached hydrogens (tertiary/aromatic N) is 1. The molecule has 0 aromatic heterocycles. The maximum Gasteiger partial charge on any atom is 0.243 e. The molecule has 2 aromatic carbocycles. The van der Waals surface area contributed by atoms with E-state index in [4.69, 9.17) is 4.74 Å². The number of carbonyl (C=O) groups excluding carboxylic acids is 1. The van der Waals surface area contributed by atoms with Crippen LogP contribution < -0.4 is 10.1 Å². The van der Waals surface area contributed by atoms with Gasteiger partial charge in [0.2, 0.25) is 5.91 Å². The Hall–Kier alpha value is -2.33. The third-order valence-electron chi connectivity index (χ3n) is 4.61. The molecule has 0 aliphatic carbocycles. The van der Waals surface area contributed by atoms with Gasteiger partial charge in [0.25, 0.3) is 0 Å². The fourth-order valence-electron chi connectivity index (χ4n) is 3.12. The van der Waals surface area contributed by atoms with Gasteiger partial charge in [0.1, 0.15) is 5.75 Å². The quantitative estimate of drug-likeness (QED) is 0.939. The fourth-order valence-corrected chi connectivity index (χ4v) is 3.12. The third kappa shape index (κ3) is 3.29. The summed E-state index contributed by atoms with van der Waals surface area (Å²) in [5.74, 6) is 0.948. The van der Waals surface area contributed by atoms with Gasteiger partial charge in [-0.1, -0.05) is 42.5 Å². The minimum atomic E-state index is -0.544. The SMILES string of the molecule is COc1ccc(CN2C(=O)C(C)(C)NCC2c2ccccc2)cc1. The van der Waals surface area contributed by atoms with Gasteiger partial charge < -0.3 is 15.0 Å². The molecule has 0 bridgehead atoms. The van der Waals surface area contributed by atoms with Gasteiger partial charge in [0, 0.05) is 13.1 Å². The molecule has 1 amide bonds. The van der Waals surface area contributed by atoms with Crippen LogP contribution in [-0.4, -0.2) is 30.0 Å². The van der Waals surface area contributed by atoms with E-state index in [2.05, 4.69) is 17.4 Å². The lowest BCUT2D eigenvalue weighted by molar-refractivity contribution is -0.144. The molecule has 126 valence electrons. The number of amides is 1. The van der Waals surface area contributed by atoms with E-state index in [1.807, 2.05) is 61.2 Å². The molecule has 0 spiro atoms. The number of benzene rings is 2. The molecule has 1 aliphatic rings. The molecular formula is C20H24N2O2. The van der Waals surface area contributed by atoms with Gasteiger partial charge in [-0.25, -0.2) is 0 Å². The molecule has 1 aliphatic heterocycles. The van der Waals surface area contributed by atoms with Crippen molar-refractivity contribution < 1.29 is 9.53 Å². The van der Waals surface area contributed by atoms with Crippen molar-refractivity contribution in [3.8, 4) is 5.75 Å². The van der Waals surface area contributed by atoms with E-state index in [-0.39, 0.29) is 11.9 Å². The van der Waals surface area contributed by atoms with Crippen LogP contribution >= 0.6 is 0 Å². The van der Waals surface area contributed by atoms with Crippen molar-refractivity contribution in [1.29, 1.82) is 0 Å². The monoisotopic (exact) mass is 324 g/mol. The molecule has 1 unspecified atom stereocenters. The van der Waals surface area contributed by atoms with Gasteiger partial charge in [-0.2, -0.15) is 0 Å². The van der Waals surface area contributed by atoms with Crippen LogP contribution in [0.2, 0.25) is 0 Å². The number of nitrogens with one attached hydrogen (secondary N) is 1. The summed E-state index contributed by atoms with van der Waals surface area (Å²) >= 11 is 0. The van der Waals surface area contributed by atoms with E-state index in [9.17, 15) is 4.79 Å². The summed E-state index contributed by atoms with van der Waals surface area (Å²) < 4.78 is 5.21. The number of rotatable bonds is 4. The van der Waals surface area contributed by atoms with Crippen LogP contribution in [0.3, 0.4) is 0 Å². The van der Waals surface area contributed by atoms with Gasteiger partial charge in [0.15, 0.2) is 0 Å². The molecule has 4 heteroatoms. The second-order valence-electron chi connectivity index (χ2n) is 6.71. The number of ether oxygens (including phenoxy) is 1. The van der Waals surface area contributed by atoms with E-state index in [0.29, 0.717) is 6.54 Å². The van der Waals surface area contributed by atoms with Crippen molar-refractivity contribution in [1.82, 2.24) is 10.2 Å². The average molecular weight is 324 g/mol. The Morgan fingerprint density at radius 2 is 1.79 bits per heavy atom. The lowest BCUT2D eigenvalue weighted by atomic mass is 9.93. The van der Waals surface area contributed by atoms with Crippen LogP contribution in [0.1, 0.15) is 31.0 Å². The van der Waals surface area contributed by atoms with Crippen molar-refractivity contribution in [2.75, 3.05) is 13.7 Å². The van der Waals surface area contributed by atoms with Crippen molar-refractivity contribution >= 4 is 5.91 Å². The second-order valence-corrected chi connectivity index (χ2v) is 6.71. The van der Waals surface area contributed by atoms with Crippen molar-refractivity contribution in [3.63, 3.8) is 0 Å². The zero-order chi connectivity index (χ0) is 17.2. The van der Waals surface area contributed by atoms with Gasteiger partial charge in [0.05, 0.1) is 18.7 Å². The van der Waals surface area contributed by atoms with E-state index >= 15 is 0 Å². The lowest BCUT2D eigenvalue weighted by Crippen LogP contribution is -2.61. The van der Waals surface area contributed by atoms with Crippen LogP contribution in [0.5, 0.6) is 5.75 Å². The number of hydrogen-bond acceptors (Lipinski definition) is 3. The predicted octanol–water partition coefficient (Wildman–Crippen LogP) is 3.15. The summed E-state index contributed by atoms with van der Waals surface area (Å²) in [4.78, 5) is 15.0. The first-order chi connectivity index (χ1) is 11.5. The lowest BCUT2D eigenvalue weighted by Gasteiger charge is -2.44. The maximum absolute atomic E-state index is 13.0. The van der Waals surface area contributed by atoms with Crippen molar-refractivity contribution in [3.05, 3.63) is 65.7 Å². The zero-order valence-corrected chi connectivity index (χ0v) is 14.5. The van der Waals surface area contributed by atoms with E-state index in [1.54, 1.807) is 7.11 Å². The standard InChI is InChI=1S/C20H24N2O2/c1-20(2)19(23)22(14-15-9-11-17(24-3)12-10-15)18(13-21-20)16-7-5-4-6-8-16/h4-12,18,21H,13-14H2,1-3H3. The molecule has 3 rings (SSSR count). The fraction of sp³-hybridized carbons (Fsp3) is 0.350. The number of hydrogen-bond donors (Lipinski definition) is 1. The van der Waals surface area contributed by atoms with E-state index < -0.39 is 5.54 Å². The molecule has 24 heavy (non-hydrogen) atoms. The number of methoxy groups -OCH3 is 1. The highest BCUT2D eigenvalue weighted by Gasteiger charge is 2.40. The summed E-state index contributed by atoms with van der Waals surface area (Å²) in [6, 6.07) is 18.1. The highest BCUT2D eigenvalue weighted by atomic mass is 16.5. The van der Waals surface area contributed by atoms with Crippen molar-refractivity contribution in [2.24, 2.45) is 0 Å². The summed E-state index contributed by atoms with van der Waals surface area (Å²) in [6.45, 7) is 5.22. The average Bonchev–Trinajstić information content (AvgIpc) is 2.60. The second kappa shape index (κ2) is 6.65. The molecular weight excluding hydrogens is 300 g/mol. The molecule has 1 atom stereocenters. The van der Waals surface area contributed by atoms with Crippen LogP contribution in [0.4, 0.5) is 0 Å². The minimum Gasteiger partial charge on any atom is -0.497 e. The number of piperazine rings is 1. The first-order valence-corrected chi connectivity index (χ1v) is 8.25. The molecule has 0 radical (unpaired) electrons. The predicted molar refractivity (Wildman–Crippen MR) is 94.8 cm³/mol. The Balaban J connectivity index is 1.89. The Bertz CT molecular complexity index is 695. The summed E-state index contributed by atoms with van der Waals surface area (Å²) in [6.07, 6.45) is 0. The molecule has 1 N–H and O–H groups in total. The zero-order valence-electron chi connectivity index (χ0n) is 14.5. The minimum absolute atomic E-state index is 0.0360. The van der Waals surface area contributed by atoms with Crippen LogP contribution in [0.25, 0.3) is 0 Å². The van der Waals surface area contributed by atoms with Crippen LogP contribution in [0.15, 0.2) is 54.6 Å². The van der Waals surface area contributed by atoms with Gasteiger partial charge >= 0.3 is 0 Å². The van der Waals surface area contributed by atoms with Crippen molar-refractivity contribution in [2.45, 2.75) is 32.0 Å². The molecule has 2 aromatic rings. The Labute approximate surface area is 143 Å². The molecule has 0 saturated carbocycles. The number of carbonyl (C=O) groups is 1. The molecule has 1 heterocycles. The van der Waals surface area contributed by atoms with Gasteiger partial charge in [-0.15, -0.1) is 0 Å². The smallest absolute Gasteiger partial charge is 0.243 e. The third-order valence-corrected chi connectivity index (χ3v) is 4.61. The topological polar surface area (TPSA) is 41.6 Å². The first-order valence-electron chi connectivity index (χ1n) is 8.25. The molecule has 1 saturated heterocycles. The normalized spacial score (nSPS) is 20.0. The summed E-state index contributed by atoms with van der Waals surface area (Å²) in [7, 11) is 1.66. The van der Waals surface area contributed by atoms with Crippen LogP contribution in [-0.2, 0) is 11.3 Å². The summed E-state index contributed by atoms with van der Waals surface area (Å²) in [5.41, 5.74) is 1.71. The summed E-state index contributed by atoms with van der Waals surface area (Å²) in [5, 5.41) is 3.38. The van der Waals surface area contributed by atoms with E-state index in [0.717, 1.165) is 23.4 Å². The Kier molecular flexibility index (Phi) is 4.58. The Morgan fingerprint density at radius 1 is 1.12 bits per heavy atom. The van der Waals surface area contributed by atoms with Crippen LogP contribution in [0, 0.1) is 0 Å². The van der Waals surface area contributed by atoms with Gasteiger partial charge in [-0.3, -0.25) is 4.79 Å². The molecule has 4 nitrogen and oxygen atoms in total. The highest BCUT2D eigenvalue weighted by Crippen LogP contribution is 2.30. The maximum atomic E-state index is 13.0. The Morgan fingerprint density at radius 3 is 2.42 bits per heavy atom. The molecule has 1 fully saturated rings. The first kappa shape index (κ1) is 16.5. The largest absolute Gasteiger partial charge is 0.497 e. The van der Waals surface area contributed by atoms with Gasteiger partial charge in [-0.05, 0) is 37.1 Å².